The summed E-state index contributed by atoms with van der Waals surface area (Å²) in [6.45, 7) is -1.41. The maximum atomic E-state index is 11.0. The molecule has 0 spiro atoms. The monoisotopic (exact) mass is 630 g/mol. The number of aliphatic hydroxyl groups excluding tert-OH is 10. The standard InChI is InChI=1S/C24H38O19/c25-1-5-9(27)10(28)13(31)22(38-5)42-17-7-3-36-20(17)15(33)24(40-7)43-18-8-4-35-19(18)14(32)23(39-8)41-16-6(2-26)37-21(34)12(30)11(16)29/h5-34H,1-4H2/t5-,6-,7-,8-,9-,10+,11-,12-,13-,14-,15-,16-,17-,18-,19-,20-,21?,22-,23-,24-/m1/s1. The SMILES string of the molecule is OC[C@H]1O[C@H](O[C@H]2[C@@H]3OC[C@H]2O[C@H](O[C@H]2[C@@H]4OC[C@H]2O[C@H](O[C@H]2[C@H](O)[C@@H](O)C(O)O[C@@H]2CO)[C@@H]4O)[C@@H]3O)[C@H](O)[C@@H](O)[C@@H]1O. The summed E-state index contributed by atoms with van der Waals surface area (Å²) < 4.78 is 50.9. The topological polar surface area (TPSA) is 285 Å². The largest absolute Gasteiger partial charge is 0.394 e. The lowest BCUT2D eigenvalue weighted by molar-refractivity contribution is -0.362. The van der Waals surface area contributed by atoms with Gasteiger partial charge in [-0.05, 0) is 0 Å². The zero-order chi connectivity index (χ0) is 30.7. The fourth-order valence-corrected chi connectivity index (χ4v) is 6.28. The highest BCUT2D eigenvalue weighted by atomic mass is 16.8. The predicted octanol–water partition coefficient (Wildman–Crippen LogP) is -7.66. The molecule has 0 amide bonds. The summed E-state index contributed by atoms with van der Waals surface area (Å²) in [6, 6.07) is 0. The van der Waals surface area contributed by atoms with E-state index in [-0.39, 0.29) is 13.2 Å². The van der Waals surface area contributed by atoms with Crippen LogP contribution in [0.25, 0.3) is 0 Å². The average molecular weight is 631 g/mol. The van der Waals surface area contributed by atoms with Crippen LogP contribution in [-0.4, -0.2) is 200 Å². The molecule has 0 saturated carbocycles. The molecule has 0 aromatic rings. The third-order valence-electron chi connectivity index (χ3n) is 8.70. The molecule has 19 nitrogen and oxygen atoms in total. The Balaban J connectivity index is 1.07. The Hall–Kier alpha value is -0.760. The third-order valence-corrected chi connectivity index (χ3v) is 8.70. The molecule has 6 aliphatic heterocycles. The Morgan fingerprint density at radius 1 is 0.465 bits per heavy atom. The van der Waals surface area contributed by atoms with Gasteiger partial charge in [-0.1, -0.05) is 0 Å². The van der Waals surface area contributed by atoms with Crippen LogP contribution in [0.15, 0.2) is 0 Å². The minimum atomic E-state index is -1.76. The molecule has 6 fully saturated rings. The first-order valence-corrected chi connectivity index (χ1v) is 14.0. The van der Waals surface area contributed by atoms with Crippen molar-refractivity contribution in [2.45, 2.75) is 123 Å². The Bertz CT molecular complexity index is 942. The maximum Gasteiger partial charge on any atom is 0.187 e. The highest BCUT2D eigenvalue weighted by Crippen LogP contribution is 2.39. The van der Waals surface area contributed by atoms with E-state index >= 15 is 0 Å². The summed E-state index contributed by atoms with van der Waals surface area (Å²) in [5.74, 6) is 0. The minimum absolute atomic E-state index is 0.0366. The zero-order valence-electron chi connectivity index (χ0n) is 22.5. The lowest BCUT2D eigenvalue weighted by atomic mass is 9.97. The van der Waals surface area contributed by atoms with Crippen LogP contribution in [0.4, 0.5) is 0 Å². The third kappa shape index (κ3) is 5.73. The molecule has 6 aliphatic rings. The average Bonchev–Trinajstić information content (AvgIpc) is 3.48. The Morgan fingerprint density at radius 2 is 0.953 bits per heavy atom. The zero-order valence-corrected chi connectivity index (χ0v) is 22.5. The smallest absolute Gasteiger partial charge is 0.187 e. The van der Waals surface area contributed by atoms with Crippen molar-refractivity contribution >= 4 is 0 Å². The van der Waals surface area contributed by atoms with Crippen LogP contribution in [0.3, 0.4) is 0 Å². The molecule has 6 saturated heterocycles. The van der Waals surface area contributed by atoms with E-state index < -0.39 is 136 Å². The number of rotatable bonds is 8. The molecule has 10 N–H and O–H groups in total. The van der Waals surface area contributed by atoms with Crippen molar-refractivity contribution in [3.8, 4) is 0 Å². The summed E-state index contributed by atoms with van der Waals surface area (Å²) in [6.07, 6.45) is -26.8. The summed E-state index contributed by atoms with van der Waals surface area (Å²) in [7, 11) is 0. The van der Waals surface area contributed by atoms with Gasteiger partial charge in [0.15, 0.2) is 25.2 Å². The Labute approximate surface area is 243 Å². The van der Waals surface area contributed by atoms with Crippen molar-refractivity contribution in [2.75, 3.05) is 26.4 Å². The summed E-state index contributed by atoms with van der Waals surface area (Å²) in [4.78, 5) is 0. The second-order valence-electron chi connectivity index (χ2n) is 11.4. The molecule has 1 unspecified atom stereocenters. The van der Waals surface area contributed by atoms with Crippen molar-refractivity contribution in [1.82, 2.24) is 0 Å². The molecule has 248 valence electrons. The van der Waals surface area contributed by atoms with Gasteiger partial charge in [0.25, 0.3) is 0 Å². The maximum absolute atomic E-state index is 11.0. The number of hydrogen-bond acceptors (Lipinski definition) is 19. The molecular weight excluding hydrogens is 592 g/mol. The molecule has 0 aromatic carbocycles. The van der Waals surface area contributed by atoms with Crippen LogP contribution in [-0.2, 0) is 42.6 Å². The summed E-state index contributed by atoms with van der Waals surface area (Å²) in [5, 5.41) is 101. The van der Waals surface area contributed by atoms with E-state index in [2.05, 4.69) is 0 Å². The van der Waals surface area contributed by atoms with Gasteiger partial charge in [-0.15, -0.1) is 0 Å². The normalized spacial score (nSPS) is 56.8. The molecular formula is C24H38O19. The molecule has 6 rings (SSSR count). The lowest BCUT2D eigenvalue weighted by Gasteiger charge is -2.46. The molecule has 43 heavy (non-hydrogen) atoms. The van der Waals surface area contributed by atoms with Crippen LogP contribution >= 0.6 is 0 Å². The van der Waals surface area contributed by atoms with E-state index in [9.17, 15) is 51.1 Å². The highest BCUT2D eigenvalue weighted by Gasteiger charge is 2.59. The predicted molar refractivity (Wildman–Crippen MR) is 127 cm³/mol. The van der Waals surface area contributed by atoms with Gasteiger partial charge in [0.05, 0.1) is 26.4 Å². The van der Waals surface area contributed by atoms with Crippen molar-refractivity contribution in [3.63, 3.8) is 0 Å². The van der Waals surface area contributed by atoms with Gasteiger partial charge in [0.2, 0.25) is 0 Å². The van der Waals surface area contributed by atoms with Gasteiger partial charge in [0.1, 0.15) is 97.7 Å². The van der Waals surface area contributed by atoms with Gasteiger partial charge >= 0.3 is 0 Å². The van der Waals surface area contributed by atoms with Crippen LogP contribution in [0.5, 0.6) is 0 Å². The Kier molecular flexibility index (Phi) is 9.58. The molecule has 0 radical (unpaired) electrons. The van der Waals surface area contributed by atoms with Crippen molar-refractivity contribution in [1.29, 1.82) is 0 Å². The lowest BCUT2D eigenvalue weighted by Crippen LogP contribution is -2.64. The van der Waals surface area contributed by atoms with Gasteiger partial charge in [-0.3, -0.25) is 0 Å². The van der Waals surface area contributed by atoms with Crippen LogP contribution < -0.4 is 0 Å². The quantitative estimate of drug-likeness (QED) is 0.119. The van der Waals surface area contributed by atoms with E-state index in [4.69, 9.17) is 42.6 Å². The van der Waals surface area contributed by atoms with Gasteiger partial charge in [-0.2, -0.15) is 0 Å². The highest BCUT2D eigenvalue weighted by molar-refractivity contribution is 5.02. The summed E-state index contributed by atoms with van der Waals surface area (Å²) in [5.41, 5.74) is 0. The molecule has 0 aliphatic carbocycles. The first-order chi connectivity index (χ1) is 20.5. The summed E-state index contributed by atoms with van der Waals surface area (Å²) >= 11 is 0. The first-order valence-electron chi connectivity index (χ1n) is 14.0. The van der Waals surface area contributed by atoms with E-state index in [1.807, 2.05) is 0 Å². The Morgan fingerprint density at radius 3 is 1.47 bits per heavy atom. The fourth-order valence-electron chi connectivity index (χ4n) is 6.28. The first kappa shape index (κ1) is 32.2. The van der Waals surface area contributed by atoms with Crippen LogP contribution in [0.1, 0.15) is 0 Å². The van der Waals surface area contributed by atoms with Gasteiger partial charge in [-0.25, -0.2) is 0 Å². The van der Waals surface area contributed by atoms with E-state index in [0.717, 1.165) is 0 Å². The number of aliphatic hydroxyl groups is 10. The van der Waals surface area contributed by atoms with Crippen LogP contribution in [0.2, 0.25) is 0 Å². The molecule has 19 heteroatoms. The van der Waals surface area contributed by atoms with E-state index in [1.165, 1.54) is 0 Å². The number of hydrogen-bond donors (Lipinski definition) is 10. The van der Waals surface area contributed by atoms with E-state index in [0.29, 0.717) is 0 Å². The van der Waals surface area contributed by atoms with Gasteiger partial charge in [0, 0.05) is 0 Å². The molecule has 20 atom stereocenters. The van der Waals surface area contributed by atoms with Crippen molar-refractivity contribution < 1.29 is 93.7 Å². The minimum Gasteiger partial charge on any atom is -0.394 e. The van der Waals surface area contributed by atoms with E-state index in [1.54, 1.807) is 0 Å². The molecule has 0 aromatic heterocycles. The molecule has 6 heterocycles. The fraction of sp³-hybridized carbons (Fsp3) is 1.00. The van der Waals surface area contributed by atoms with Crippen LogP contribution in [0, 0.1) is 0 Å². The second-order valence-corrected chi connectivity index (χ2v) is 11.4. The second kappa shape index (κ2) is 12.8. The molecule has 4 bridgehead atoms. The van der Waals surface area contributed by atoms with Crippen molar-refractivity contribution in [3.05, 3.63) is 0 Å². The number of fused-ring (bicyclic) bond motifs is 4. The number of ether oxygens (including phenoxy) is 9. The van der Waals surface area contributed by atoms with Gasteiger partial charge < -0.3 is 93.7 Å². The van der Waals surface area contributed by atoms with Crippen molar-refractivity contribution in [2.24, 2.45) is 0 Å².